The highest BCUT2D eigenvalue weighted by atomic mass is 16.2. The zero-order valence-electron chi connectivity index (χ0n) is 15.0. The number of rotatable bonds is 6. The van der Waals surface area contributed by atoms with Crippen molar-refractivity contribution >= 4 is 11.8 Å². The van der Waals surface area contributed by atoms with Crippen molar-refractivity contribution in [2.45, 2.75) is 57.9 Å². The summed E-state index contributed by atoms with van der Waals surface area (Å²) in [5.74, 6) is 1.48. The van der Waals surface area contributed by atoms with Crippen molar-refractivity contribution in [3.05, 3.63) is 30.1 Å². The molecule has 136 valence electrons. The first-order valence-corrected chi connectivity index (χ1v) is 9.59. The molecule has 0 radical (unpaired) electrons. The molecule has 5 nitrogen and oxygen atoms in total. The van der Waals surface area contributed by atoms with Gasteiger partial charge in [-0.3, -0.25) is 14.6 Å². The van der Waals surface area contributed by atoms with Gasteiger partial charge in [-0.15, -0.1) is 0 Å². The van der Waals surface area contributed by atoms with Crippen molar-refractivity contribution in [1.29, 1.82) is 0 Å². The first-order valence-electron chi connectivity index (χ1n) is 9.59. The summed E-state index contributed by atoms with van der Waals surface area (Å²) in [6, 6.07) is 5.85. The van der Waals surface area contributed by atoms with Gasteiger partial charge in [0.2, 0.25) is 11.8 Å². The number of aromatic nitrogens is 1. The van der Waals surface area contributed by atoms with Crippen LogP contribution in [0.2, 0.25) is 0 Å². The van der Waals surface area contributed by atoms with Crippen molar-refractivity contribution in [3.63, 3.8) is 0 Å². The highest BCUT2D eigenvalue weighted by Crippen LogP contribution is 2.36. The van der Waals surface area contributed by atoms with Gasteiger partial charge in [-0.05, 0) is 62.5 Å². The Morgan fingerprint density at radius 2 is 1.92 bits per heavy atom. The zero-order valence-corrected chi connectivity index (χ0v) is 15.0. The number of carbonyl (C=O) groups is 2. The van der Waals surface area contributed by atoms with E-state index in [4.69, 9.17) is 0 Å². The fourth-order valence-corrected chi connectivity index (χ4v) is 4.00. The van der Waals surface area contributed by atoms with Crippen LogP contribution in [0.15, 0.2) is 24.4 Å². The van der Waals surface area contributed by atoms with E-state index >= 15 is 0 Å². The lowest BCUT2D eigenvalue weighted by atomic mass is 9.77. The predicted octanol–water partition coefficient (Wildman–Crippen LogP) is 2.98. The summed E-state index contributed by atoms with van der Waals surface area (Å²) in [4.78, 5) is 28.1. The number of hydrogen-bond acceptors (Lipinski definition) is 3. The number of carbonyl (C=O) groups excluding carboxylic acids is 2. The van der Waals surface area contributed by atoms with Gasteiger partial charge in [-0.2, -0.15) is 0 Å². The third-order valence-corrected chi connectivity index (χ3v) is 5.77. The van der Waals surface area contributed by atoms with Crippen molar-refractivity contribution in [3.8, 4) is 0 Å². The molecule has 5 heteroatoms. The summed E-state index contributed by atoms with van der Waals surface area (Å²) in [6.45, 7) is 2.37. The van der Waals surface area contributed by atoms with Crippen molar-refractivity contribution < 1.29 is 9.59 Å². The van der Waals surface area contributed by atoms with Gasteiger partial charge in [0.05, 0.1) is 11.7 Å². The fraction of sp³-hybridized carbons (Fsp3) is 0.650. The molecule has 0 saturated heterocycles. The van der Waals surface area contributed by atoms with Crippen LogP contribution in [0.4, 0.5) is 0 Å². The minimum atomic E-state index is -0.00998. The third kappa shape index (κ3) is 4.80. The van der Waals surface area contributed by atoms with Gasteiger partial charge in [0.1, 0.15) is 0 Å². The fourth-order valence-electron chi connectivity index (χ4n) is 4.00. The monoisotopic (exact) mass is 343 g/mol. The van der Waals surface area contributed by atoms with Crippen LogP contribution in [0.1, 0.15) is 63.6 Å². The molecule has 1 unspecified atom stereocenters. The number of hydrogen-bond donors (Lipinski definition) is 2. The Labute approximate surface area is 150 Å². The minimum Gasteiger partial charge on any atom is -0.356 e. The molecule has 0 aliphatic heterocycles. The average molecular weight is 343 g/mol. The maximum absolute atomic E-state index is 12.0. The molecule has 2 saturated carbocycles. The smallest absolute Gasteiger partial charge is 0.223 e. The second-order valence-electron chi connectivity index (χ2n) is 7.59. The molecule has 0 aromatic carbocycles. The first-order chi connectivity index (χ1) is 12.1. The largest absolute Gasteiger partial charge is 0.356 e. The van der Waals surface area contributed by atoms with Gasteiger partial charge in [-0.1, -0.05) is 12.5 Å². The minimum absolute atomic E-state index is 0.00876. The SMILES string of the molecule is CC(=O)NC(c1ccccn1)C1CCC(CNC(=O)C2CCC2)CC1. The van der Waals surface area contributed by atoms with Crippen LogP contribution in [-0.2, 0) is 9.59 Å². The van der Waals surface area contributed by atoms with E-state index < -0.39 is 0 Å². The Kier molecular flexibility index (Phi) is 6.05. The van der Waals surface area contributed by atoms with Crippen molar-refractivity contribution in [1.82, 2.24) is 15.6 Å². The molecule has 25 heavy (non-hydrogen) atoms. The third-order valence-electron chi connectivity index (χ3n) is 5.77. The lowest BCUT2D eigenvalue weighted by Gasteiger charge is -2.34. The highest BCUT2D eigenvalue weighted by molar-refractivity contribution is 5.79. The Balaban J connectivity index is 1.50. The second-order valence-corrected chi connectivity index (χ2v) is 7.59. The van der Waals surface area contributed by atoms with Gasteiger partial charge in [0.15, 0.2) is 0 Å². The van der Waals surface area contributed by atoms with E-state index in [-0.39, 0.29) is 23.8 Å². The van der Waals surface area contributed by atoms with Crippen LogP contribution in [-0.4, -0.2) is 23.3 Å². The maximum atomic E-state index is 12.0. The maximum Gasteiger partial charge on any atom is 0.223 e. The van der Waals surface area contributed by atoms with Gasteiger partial charge in [0, 0.05) is 25.6 Å². The molecule has 1 atom stereocenters. The van der Waals surface area contributed by atoms with Crippen LogP contribution in [0.3, 0.4) is 0 Å². The molecule has 3 rings (SSSR count). The summed E-state index contributed by atoms with van der Waals surface area (Å²) in [5.41, 5.74) is 0.944. The normalized spacial score (nSPS) is 24.8. The number of nitrogens with one attached hydrogen (secondary N) is 2. The average Bonchev–Trinajstić information content (AvgIpc) is 2.57. The molecule has 0 spiro atoms. The van der Waals surface area contributed by atoms with Crippen LogP contribution >= 0.6 is 0 Å². The molecule has 2 N–H and O–H groups in total. The van der Waals surface area contributed by atoms with E-state index in [9.17, 15) is 9.59 Å². The topological polar surface area (TPSA) is 71.1 Å². The lowest BCUT2D eigenvalue weighted by Crippen LogP contribution is -2.39. The number of pyridine rings is 1. The van der Waals surface area contributed by atoms with E-state index in [1.165, 1.54) is 6.42 Å². The molecule has 2 fully saturated rings. The summed E-state index contributed by atoms with van der Waals surface area (Å²) in [7, 11) is 0. The van der Waals surface area contributed by atoms with Crippen LogP contribution in [0, 0.1) is 17.8 Å². The van der Waals surface area contributed by atoms with Gasteiger partial charge in [0.25, 0.3) is 0 Å². The predicted molar refractivity (Wildman–Crippen MR) is 96.6 cm³/mol. The molecule has 2 aliphatic rings. The van der Waals surface area contributed by atoms with Crippen molar-refractivity contribution in [2.24, 2.45) is 17.8 Å². The Hall–Kier alpha value is -1.91. The van der Waals surface area contributed by atoms with Gasteiger partial charge in [-0.25, -0.2) is 0 Å². The number of amides is 2. The van der Waals surface area contributed by atoms with E-state index in [2.05, 4.69) is 15.6 Å². The molecule has 2 amide bonds. The van der Waals surface area contributed by atoms with E-state index in [1.54, 1.807) is 13.1 Å². The Morgan fingerprint density at radius 1 is 1.16 bits per heavy atom. The highest BCUT2D eigenvalue weighted by Gasteiger charge is 2.31. The molecule has 2 aliphatic carbocycles. The van der Waals surface area contributed by atoms with E-state index in [0.717, 1.165) is 50.8 Å². The Bertz CT molecular complexity index is 578. The Morgan fingerprint density at radius 3 is 2.48 bits per heavy atom. The quantitative estimate of drug-likeness (QED) is 0.834. The summed E-state index contributed by atoms with van der Waals surface area (Å²) < 4.78 is 0. The van der Waals surface area contributed by atoms with Gasteiger partial charge < -0.3 is 10.6 Å². The van der Waals surface area contributed by atoms with E-state index in [1.807, 2.05) is 18.2 Å². The van der Waals surface area contributed by atoms with Crippen LogP contribution in [0.5, 0.6) is 0 Å². The van der Waals surface area contributed by atoms with Crippen LogP contribution in [0.25, 0.3) is 0 Å². The molecule has 1 aromatic heterocycles. The molecular weight excluding hydrogens is 314 g/mol. The summed E-state index contributed by atoms with van der Waals surface area (Å²) >= 11 is 0. The number of nitrogens with zero attached hydrogens (tertiary/aromatic N) is 1. The molecule has 0 bridgehead atoms. The van der Waals surface area contributed by atoms with Crippen LogP contribution < -0.4 is 10.6 Å². The molecule has 1 heterocycles. The van der Waals surface area contributed by atoms with Gasteiger partial charge >= 0.3 is 0 Å². The lowest BCUT2D eigenvalue weighted by molar-refractivity contribution is -0.127. The zero-order chi connectivity index (χ0) is 17.6. The second kappa shape index (κ2) is 8.45. The van der Waals surface area contributed by atoms with Crippen molar-refractivity contribution in [2.75, 3.05) is 6.54 Å². The summed E-state index contributed by atoms with van der Waals surface area (Å²) in [6.07, 6.45) is 9.41. The molecular formula is C20H29N3O2. The first kappa shape index (κ1) is 17.9. The molecule has 1 aromatic rings. The standard InChI is InChI=1S/C20H29N3O2/c1-14(24)23-19(18-7-2-3-12-21-18)16-10-8-15(9-11-16)13-22-20(25)17-5-4-6-17/h2-3,7,12,15-17,19H,4-6,8-11,13H2,1H3,(H,22,25)(H,23,24). The summed E-state index contributed by atoms with van der Waals surface area (Å²) in [5, 5.41) is 6.23. The van der Waals surface area contributed by atoms with E-state index in [0.29, 0.717) is 11.8 Å².